The summed E-state index contributed by atoms with van der Waals surface area (Å²) < 4.78 is 5.78. The van der Waals surface area contributed by atoms with E-state index in [0.29, 0.717) is 23.5 Å². The van der Waals surface area contributed by atoms with Crippen molar-refractivity contribution in [1.82, 2.24) is 10.2 Å². The molecule has 7 nitrogen and oxygen atoms in total. The van der Waals surface area contributed by atoms with E-state index in [9.17, 15) is 9.59 Å². The molecule has 2 aromatic carbocycles. The average molecular weight is 453 g/mol. The predicted molar refractivity (Wildman–Crippen MR) is 130 cm³/mol. The van der Waals surface area contributed by atoms with Crippen molar-refractivity contribution in [3.8, 4) is 0 Å². The monoisotopic (exact) mass is 452 g/mol. The number of urea groups is 1. The fourth-order valence-corrected chi connectivity index (χ4v) is 3.71. The molecule has 0 aliphatic rings. The Kier molecular flexibility index (Phi) is 8.77. The minimum atomic E-state index is -0.364. The van der Waals surface area contributed by atoms with Gasteiger partial charge in [0.05, 0.1) is 12.3 Å². The lowest BCUT2D eigenvalue weighted by Crippen LogP contribution is -2.26. The molecular weight excluding hydrogens is 424 g/mol. The van der Waals surface area contributed by atoms with E-state index in [1.54, 1.807) is 48.2 Å². The number of nitrogens with one attached hydrogen (secondary N) is 3. The van der Waals surface area contributed by atoms with Crippen LogP contribution in [0.4, 0.5) is 16.2 Å². The summed E-state index contributed by atoms with van der Waals surface area (Å²) in [5.41, 5.74) is 1.73. The van der Waals surface area contributed by atoms with Crippen molar-refractivity contribution in [3.63, 3.8) is 0 Å². The molecule has 8 heteroatoms. The number of thioether (sulfide) groups is 1. The number of para-hydroxylation sites is 1. The topological polar surface area (TPSA) is 86.6 Å². The summed E-state index contributed by atoms with van der Waals surface area (Å²) in [6, 6.07) is 19.7. The summed E-state index contributed by atoms with van der Waals surface area (Å²) >= 11 is 1.70. The fraction of sp³-hybridized carbons (Fsp3) is 0.250. The number of furan rings is 1. The predicted octanol–water partition coefficient (Wildman–Crippen LogP) is 4.65. The van der Waals surface area contributed by atoms with Crippen LogP contribution in [0, 0.1) is 0 Å². The molecule has 0 saturated carbocycles. The Bertz CT molecular complexity index is 1020. The van der Waals surface area contributed by atoms with Gasteiger partial charge in [-0.2, -0.15) is 11.8 Å². The molecule has 0 aliphatic carbocycles. The van der Waals surface area contributed by atoms with E-state index < -0.39 is 0 Å². The molecule has 0 unspecified atom stereocenters. The minimum Gasteiger partial charge on any atom is -0.464 e. The second kappa shape index (κ2) is 12.0. The van der Waals surface area contributed by atoms with E-state index >= 15 is 0 Å². The fourth-order valence-electron chi connectivity index (χ4n) is 2.96. The lowest BCUT2D eigenvalue weighted by Gasteiger charge is -2.09. The van der Waals surface area contributed by atoms with E-state index in [1.807, 2.05) is 44.4 Å². The van der Waals surface area contributed by atoms with Crippen molar-refractivity contribution < 1.29 is 14.0 Å². The first-order chi connectivity index (χ1) is 15.5. The third-order valence-electron chi connectivity index (χ3n) is 4.38. The van der Waals surface area contributed by atoms with Gasteiger partial charge in [0.25, 0.3) is 5.91 Å². The summed E-state index contributed by atoms with van der Waals surface area (Å²) in [5.74, 6) is 3.24. The highest BCUT2D eigenvalue weighted by Gasteiger charge is 2.08. The van der Waals surface area contributed by atoms with Crippen molar-refractivity contribution in [1.29, 1.82) is 0 Å². The van der Waals surface area contributed by atoms with Gasteiger partial charge in [-0.25, -0.2) is 4.79 Å². The van der Waals surface area contributed by atoms with Gasteiger partial charge in [-0.1, -0.05) is 24.3 Å². The Balaban J connectivity index is 1.39. The number of nitrogens with zero attached hydrogens (tertiary/aromatic N) is 1. The highest BCUT2D eigenvalue weighted by molar-refractivity contribution is 7.98. The lowest BCUT2D eigenvalue weighted by atomic mass is 10.2. The summed E-state index contributed by atoms with van der Waals surface area (Å²) in [5, 5.41) is 8.41. The van der Waals surface area contributed by atoms with Gasteiger partial charge in [-0.15, -0.1) is 0 Å². The molecule has 32 heavy (non-hydrogen) atoms. The number of hydrogen-bond donors (Lipinski definition) is 3. The highest BCUT2D eigenvalue weighted by atomic mass is 32.2. The minimum absolute atomic E-state index is 0.177. The zero-order valence-electron chi connectivity index (χ0n) is 18.3. The summed E-state index contributed by atoms with van der Waals surface area (Å²) in [6.07, 6.45) is 0. The first-order valence-electron chi connectivity index (χ1n) is 10.3. The lowest BCUT2D eigenvalue weighted by molar-refractivity contribution is 0.0956. The van der Waals surface area contributed by atoms with Crippen LogP contribution in [-0.4, -0.2) is 43.2 Å². The first kappa shape index (κ1) is 23.4. The van der Waals surface area contributed by atoms with E-state index in [2.05, 4.69) is 20.9 Å². The molecular formula is C24H28N4O3S. The molecule has 1 heterocycles. The first-order valence-corrected chi connectivity index (χ1v) is 11.5. The zero-order valence-corrected chi connectivity index (χ0v) is 19.1. The number of amides is 3. The van der Waals surface area contributed by atoms with Crippen LogP contribution in [0.1, 0.15) is 21.9 Å². The van der Waals surface area contributed by atoms with E-state index in [-0.39, 0.29) is 11.9 Å². The molecule has 3 rings (SSSR count). The van der Waals surface area contributed by atoms with Crippen LogP contribution < -0.4 is 16.0 Å². The van der Waals surface area contributed by atoms with Gasteiger partial charge in [0.1, 0.15) is 11.5 Å². The largest absolute Gasteiger partial charge is 0.464 e. The maximum absolute atomic E-state index is 12.4. The smallest absolute Gasteiger partial charge is 0.323 e. The SMILES string of the molecule is CN(C)Cc1ccc(CSCCNC(=O)c2cccc(NC(=O)Nc3ccccc3)c2)o1. The van der Waals surface area contributed by atoms with Crippen LogP contribution in [-0.2, 0) is 12.3 Å². The summed E-state index contributed by atoms with van der Waals surface area (Å²) in [6.45, 7) is 1.32. The van der Waals surface area contributed by atoms with E-state index in [4.69, 9.17) is 4.42 Å². The van der Waals surface area contributed by atoms with Gasteiger partial charge in [-0.05, 0) is 56.6 Å². The molecule has 3 aromatic rings. The Hall–Kier alpha value is -3.23. The maximum atomic E-state index is 12.4. The third kappa shape index (κ3) is 7.79. The van der Waals surface area contributed by atoms with Gasteiger partial charge >= 0.3 is 6.03 Å². The van der Waals surface area contributed by atoms with Gasteiger partial charge in [0.15, 0.2) is 0 Å². The van der Waals surface area contributed by atoms with Crippen LogP contribution in [0.2, 0.25) is 0 Å². The number of rotatable bonds is 10. The summed E-state index contributed by atoms with van der Waals surface area (Å²) in [7, 11) is 4.01. The molecule has 0 saturated heterocycles. The van der Waals surface area contributed by atoms with Gasteiger partial charge in [-0.3, -0.25) is 4.79 Å². The Morgan fingerprint density at radius 3 is 2.41 bits per heavy atom. The molecule has 0 radical (unpaired) electrons. The van der Waals surface area contributed by atoms with Crippen molar-refractivity contribution in [2.75, 3.05) is 37.0 Å². The summed E-state index contributed by atoms with van der Waals surface area (Å²) in [4.78, 5) is 26.6. The number of benzene rings is 2. The Labute approximate surface area is 192 Å². The van der Waals surface area contributed by atoms with Gasteiger partial charge < -0.3 is 25.3 Å². The molecule has 3 amide bonds. The molecule has 0 spiro atoms. The van der Waals surface area contributed by atoms with E-state index in [0.717, 1.165) is 29.6 Å². The molecule has 3 N–H and O–H groups in total. The molecule has 0 fully saturated rings. The number of hydrogen-bond acceptors (Lipinski definition) is 5. The Morgan fingerprint density at radius 2 is 1.62 bits per heavy atom. The van der Waals surface area contributed by atoms with Crippen molar-refractivity contribution >= 4 is 35.1 Å². The Morgan fingerprint density at radius 1 is 0.906 bits per heavy atom. The maximum Gasteiger partial charge on any atom is 0.323 e. The van der Waals surface area contributed by atoms with Crippen molar-refractivity contribution in [2.45, 2.75) is 12.3 Å². The van der Waals surface area contributed by atoms with Crippen LogP contribution in [0.25, 0.3) is 0 Å². The molecule has 0 bridgehead atoms. The zero-order chi connectivity index (χ0) is 22.8. The average Bonchev–Trinajstić information content (AvgIpc) is 3.20. The normalized spacial score (nSPS) is 10.7. The quantitative estimate of drug-likeness (QED) is 0.390. The van der Waals surface area contributed by atoms with Gasteiger partial charge in [0, 0.05) is 29.2 Å². The molecule has 0 aliphatic heterocycles. The van der Waals surface area contributed by atoms with Gasteiger partial charge in [0.2, 0.25) is 0 Å². The van der Waals surface area contributed by atoms with Crippen LogP contribution in [0.3, 0.4) is 0 Å². The highest BCUT2D eigenvalue weighted by Crippen LogP contribution is 2.16. The molecule has 0 atom stereocenters. The van der Waals surface area contributed by atoms with Crippen LogP contribution >= 0.6 is 11.8 Å². The van der Waals surface area contributed by atoms with E-state index in [1.165, 1.54) is 0 Å². The van der Waals surface area contributed by atoms with Crippen LogP contribution in [0.15, 0.2) is 71.1 Å². The molecule has 1 aromatic heterocycles. The number of carbonyl (C=O) groups excluding carboxylic acids is 2. The number of carbonyl (C=O) groups is 2. The molecule has 168 valence electrons. The van der Waals surface area contributed by atoms with Crippen molar-refractivity contribution in [2.24, 2.45) is 0 Å². The second-order valence-electron chi connectivity index (χ2n) is 7.44. The second-order valence-corrected chi connectivity index (χ2v) is 8.55. The van der Waals surface area contributed by atoms with Crippen LogP contribution in [0.5, 0.6) is 0 Å². The standard InChI is InChI=1S/C24H28N4O3S/c1-28(2)16-21-11-12-22(31-21)17-32-14-13-25-23(29)18-7-6-10-20(15-18)27-24(30)26-19-8-4-3-5-9-19/h3-12,15H,13-14,16-17H2,1-2H3,(H,25,29)(H2,26,27,30). The third-order valence-corrected chi connectivity index (χ3v) is 5.36. The van der Waals surface area contributed by atoms with Crippen molar-refractivity contribution in [3.05, 3.63) is 83.8 Å². The number of anilines is 2.